The van der Waals surface area contributed by atoms with E-state index >= 15 is 0 Å². The van der Waals surface area contributed by atoms with Crippen LogP contribution in [0.25, 0.3) is 0 Å². The number of carbonyl (C=O) groups excluding carboxylic acids is 3. The standard InChI is InChI=1S/C69H118O6/c1-4-7-10-13-16-19-22-25-28-31-33-34-36-38-41-44-47-50-53-56-59-62-68(71)74-65-66(64-73-67(70)61-58-55-52-49-46-43-40-37-30-27-24-21-18-15-12-9-6-3)75-69(72)63-60-57-54-51-48-45-42-39-35-32-29-26-23-20-17-14-11-8-5-2/h8,11,17-18,20-21,26-27,29-30,35,39,45,48,54,57,66H,4-7,9-10,12-16,19,22-25,28,31-34,36-38,40-44,46-47,49-53,55-56,58-65H2,1-3H3/b11-8-,20-17-,21-18-,29-26-,30-27-,39-35-,48-45-,57-54-/t66-/m1/s1. The molecule has 0 saturated heterocycles. The molecule has 0 spiro atoms. The maximum Gasteiger partial charge on any atom is 0.306 e. The Morgan fingerprint density at radius 1 is 0.280 bits per heavy atom. The van der Waals surface area contributed by atoms with E-state index < -0.39 is 12.1 Å². The van der Waals surface area contributed by atoms with E-state index in [1.54, 1.807) is 0 Å². The fraction of sp³-hybridized carbons (Fsp3) is 0.725. The Morgan fingerprint density at radius 3 is 0.893 bits per heavy atom. The number of hydrogen-bond donors (Lipinski definition) is 0. The molecule has 0 aliphatic carbocycles. The highest BCUT2D eigenvalue weighted by Crippen LogP contribution is 2.17. The van der Waals surface area contributed by atoms with Gasteiger partial charge in [-0.1, -0.05) is 291 Å². The predicted molar refractivity (Wildman–Crippen MR) is 325 cm³/mol. The van der Waals surface area contributed by atoms with Crippen LogP contribution in [0.1, 0.15) is 303 Å². The van der Waals surface area contributed by atoms with Gasteiger partial charge in [-0.05, 0) is 89.9 Å². The molecule has 0 N–H and O–H groups in total. The lowest BCUT2D eigenvalue weighted by Gasteiger charge is -2.18. The second-order valence-electron chi connectivity index (χ2n) is 20.9. The van der Waals surface area contributed by atoms with Crippen LogP contribution in [0, 0.1) is 0 Å². The van der Waals surface area contributed by atoms with Crippen molar-refractivity contribution in [1.29, 1.82) is 0 Å². The SMILES string of the molecule is CC/C=C\C/C=C\C/C=C\C/C=C\C/C=C\C/C=C\CCC(=O)O[C@H](COC(=O)CCCCCCCCC/C=C\C/C=C\CCCCC)COC(=O)CCCCCCCCCCCCCCCCCCCCCCC. The van der Waals surface area contributed by atoms with Gasteiger partial charge in [-0.25, -0.2) is 0 Å². The summed E-state index contributed by atoms with van der Waals surface area (Å²) in [6, 6.07) is 0. The molecule has 0 bridgehead atoms. The van der Waals surface area contributed by atoms with Crippen LogP contribution in [0.15, 0.2) is 97.2 Å². The van der Waals surface area contributed by atoms with Gasteiger partial charge in [0.1, 0.15) is 13.2 Å². The third-order valence-electron chi connectivity index (χ3n) is 13.6. The predicted octanol–water partition coefficient (Wildman–Crippen LogP) is 21.7. The molecule has 0 aromatic heterocycles. The van der Waals surface area contributed by atoms with Gasteiger partial charge in [-0.15, -0.1) is 0 Å². The highest BCUT2D eigenvalue weighted by molar-refractivity contribution is 5.71. The molecule has 0 unspecified atom stereocenters. The van der Waals surface area contributed by atoms with E-state index in [0.717, 1.165) is 89.9 Å². The van der Waals surface area contributed by atoms with Crippen molar-refractivity contribution in [3.8, 4) is 0 Å². The summed E-state index contributed by atoms with van der Waals surface area (Å²) in [7, 11) is 0. The number of ether oxygens (including phenoxy) is 3. The molecule has 6 heteroatoms. The largest absolute Gasteiger partial charge is 0.462 e. The summed E-state index contributed by atoms with van der Waals surface area (Å²) < 4.78 is 16.9. The monoisotopic (exact) mass is 1040 g/mol. The van der Waals surface area contributed by atoms with Gasteiger partial charge in [0.15, 0.2) is 6.10 Å². The molecular weight excluding hydrogens is 925 g/mol. The zero-order valence-electron chi connectivity index (χ0n) is 49.3. The molecule has 0 fully saturated rings. The molecule has 0 heterocycles. The molecule has 0 aliphatic heterocycles. The Kier molecular flexibility index (Phi) is 59.8. The molecule has 0 saturated carbocycles. The molecule has 0 aromatic carbocycles. The molecule has 430 valence electrons. The maximum atomic E-state index is 12.9. The van der Waals surface area contributed by atoms with Crippen LogP contribution in [0.5, 0.6) is 0 Å². The molecule has 1 atom stereocenters. The maximum absolute atomic E-state index is 12.9. The molecule has 6 nitrogen and oxygen atoms in total. The Labute approximate surface area is 464 Å². The average molecular weight is 1040 g/mol. The zero-order chi connectivity index (χ0) is 54.3. The quantitative estimate of drug-likeness (QED) is 0.0261. The third-order valence-corrected chi connectivity index (χ3v) is 13.6. The zero-order valence-corrected chi connectivity index (χ0v) is 49.3. The van der Waals surface area contributed by atoms with Crippen LogP contribution in [0.2, 0.25) is 0 Å². The van der Waals surface area contributed by atoms with Crippen molar-refractivity contribution in [1.82, 2.24) is 0 Å². The first-order chi connectivity index (χ1) is 37.0. The number of rotatable bonds is 57. The van der Waals surface area contributed by atoms with Gasteiger partial charge in [-0.3, -0.25) is 14.4 Å². The van der Waals surface area contributed by atoms with Crippen LogP contribution in [-0.4, -0.2) is 37.2 Å². The highest BCUT2D eigenvalue weighted by Gasteiger charge is 2.19. The minimum absolute atomic E-state index is 0.108. The van der Waals surface area contributed by atoms with Crippen molar-refractivity contribution in [2.45, 2.75) is 309 Å². The van der Waals surface area contributed by atoms with Crippen LogP contribution in [0.4, 0.5) is 0 Å². The molecule has 0 aliphatic rings. The first-order valence-corrected chi connectivity index (χ1v) is 31.7. The van der Waals surface area contributed by atoms with Gasteiger partial charge in [0.05, 0.1) is 0 Å². The number of unbranched alkanes of at least 4 members (excludes halogenated alkanes) is 30. The van der Waals surface area contributed by atoms with E-state index in [0.29, 0.717) is 19.3 Å². The summed E-state index contributed by atoms with van der Waals surface area (Å²) in [6.07, 6.45) is 84.2. The molecule has 0 radical (unpaired) electrons. The Balaban J connectivity index is 4.46. The summed E-state index contributed by atoms with van der Waals surface area (Å²) in [4.78, 5) is 38.3. The number of esters is 3. The van der Waals surface area contributed by atoms with E-state index in [1.165, 1.54) is 167 Å². The molecule has 0 aromatic rings. The second kappa shape index (κ2) is 62.9. The summed E-state index contributed by atoms with van der Waals surface area (Å²) in [6.45, 7) is 6.47. The number of allylic oxidation sites excluding steroid dienone is 16. The highest BCUT2D eigenvalue weighted by atomic mass is 16.6. The van der Waals surface area contributed by atoms with Crippen molar-refractivity contribution in [2.75, 3.05) is 13.2 Å². The molecule has 0 rings (SSSR count). The van der Waals surface area contributed by atoms with E-state index in [9.17, 15) is 14.4 Å². The van der Waals surface area contributed by atoms with Gasteiger partial charge < -0.3 is 14.2 Å². The normalized spacial score (nSPS) is 12.7. The number of hydrogen-bond acceptors (Lipinski definition) is 6. The van der Waals surface area contributed by atoms with Crippen LogP contribution >= 0.6 is 0 Å². The van der Waals surface area contributed by atoms with Crippen molar-refractivity contribution >= 4 is 17.9 Å². The van der Waals surface area contributed by atoms with E-state index in [-0.39, 0.29) is 31.6 Å². The van der Waals surface area contributed by atoms with Gasteiger partial charge in [0, 0.05) is 19.3 Å². The lowest BCUT2D eigenvalue weighted by molar-refractivity contribution is -0.166. The summed E-state index contributed by atoms with van der Waals surface area (Å²) in [5.74, 6) is -0.990. The summed E-state index contributed by atoms with van der Waals surface area (Å²) >= 11 is 0. The number of carbonyl (C=O) groups is 3. The van der Waals surface area contributed by atoms with Crippen molar-refractivity contribution in [3.05, 3.63) is 97.2 Å². The van der Waals surface area contributed by atoms with Crippen molar-refractivity contribution in [3.63, 3.8) is 0 Å². The molecule has 0 amide bonds. The van der Waals surface area contributed by atoms with E-state index in [2.05, 4.69) is 112 Å². The smallest absolute Gasteiger partial charge is 0.306 e. The summed E-state index contributed by atoms with van der Waals surface area (Å²) in [5.41, 5.74) is 0. The van der Waals surface area contributed by atoms with Gasteiger partial charge in [0.2, 0.25) is 0 Å². The molecule has 75 heavy (non-hydrogen) atoms. The topological polar surface area (TPSA) is 78.9 Å². The van der Waals surface area contributed by atoms with E-state index in [1.807, 2.05) is 6.08 Å². The Hall–Kier alpha value is -3.67. The lowest BCUT2D eigenvalue weighted by Crippen LogP contribution is -2.30. The first kappa shape index (κ1) is 71.3. The Bertz CT molecular complexity index is 1480. The lowest BCUT2D eigenvalue weighted by atomic mass is 10.0. The van der Waals surface area contributed by atoms with Crippen LogP contribution in [-0.2, 0) is 28.6 Å². The molecular formula is C69H118O6. The van der Waals surface area contributed by atoms with E-state index in [4.69, 9.17) is 14.2 Å². The fourth-order valence-corrected chi connectivity index (χ4v) is 8.85. The first-order valence-electron chi connectivity index (χ1n) is 31.7. The second-order valence-corrected chi connectivity index (χ2v) is 20.9. The summed E-state index contributed by atoms with van der Waals surface area (Å²) in [5, 5.41) is 0. The minimum atomic E-state index is -0.822. The third kappa shape index (κ3) is 61.1. The van der Waals surface area contributed by atoms with Crippen molar-refractivity contribution in [2.24, 2.45) is 0 Å². The van der Waals surface area contributed by atoms with Crippen LogP contribution < -0.4 is 0 Å². The minimum Gasteiger partial charge on any atom is -0.462 e. The fourth-order valence-electron chi connectivity index (χ4n) is 8.85. The van der Waals surface area contributed by atoms with Crippen LogP contribution in [0.3, 0.4) is 0 Å². The Morgan fingerprint density at radius 2 is 0.547 bits per heavy atom. The average Bonchev–Trinajstić information content (AvgIpc) is 3.41. The van der Waals surface area contributed by atoms with Gasteiger partial charge in [0.25, 0.3) is 0 Å². The van der Waals surface area contributed by atoms with Crippen molar-refractivity contribution < 1.29 is 28.6 Å². The van der Waals surface area contributed by atoms with Gasteiger partial charge in [-0.2, -0.15) is 0 Å². The van der Waals surface area contributed by atoms with Gasteiger partial charge >= 0.3 is 17.9 Å².